The first-order chi connectivity index (χ1) is 11.6. The van der Waals surface area contributed by atoms with Crippen LogP contribution in [0.4, 0.5) is 5.13 Å². The van der Waals surface area contributed by atoms with E-state index in [0.717, 1.165) is 28.7 Å². The summed E-state index contributed by atoms with van der Waals surface area (Å²) >= 11 is 7.33. The Bertz CT molecular complexity index is 836. The molecule has 6 nitrogen and oxygen atoms in total. The van der Waals surface area contributed by atoms with Crippen LogP contribution < -0.4 is 11.1 Å². The Morgan fingerprint density at radius 2 is 2.17 bits per heavy atom. The summed E-state index contributed by atoms with van der Waals surface area (Å²) in [6, 6.07) is 7.72. The van der Waals surface area contributed by atoms with Crippen molar-refractivity contribution >= 4 is 34.0 Å². The number of aromatic amines is 1. The molecule has 24 heavy (non-hydrogen) atoms. The van der Waals surface area contributed by atoms with Crippen molar-refractivity contribution in [3.63, 3.8) is 0 Å². The number of nitrogens with one attached hydrogen (secondary N) is 2. The van der Waals surface area contributed by atoms with Gasteiger partial charge in [0.1, 0.15) is 11.5 Å². The molecule has 0 aliphatic rings. The van der Waals surface area contributed by atoms with Crippen molar-refractivity contribution in [2.24, 2.45) is 10.7 Å². The Morgan fingerprint density at radius 1 is 1.38 bits per heavy atom. The second-order valence-corrected chi connectivity index (χ2v) is 6.48. The molecule has 4 N–H and O–H groups in total. The van der Waals surface area contributed by atoms with Gasteiger partial charge in [0.2, 0.25) is 0 Å². The van der Waals surface area contributed by atoms with Gasteiger partial charge in [-0.3, -0.25) is 4.99 Å². The van der Waals surface area contributed by atoms with Crippen LogP contribution in [0.3, 0.4) is 0 Å². The SMILES string of the molecule is Cc1ncc(-c2csc(NC(N)=NCCc3ccc(Cl)cc3)n2)[nH]1. The Morgan fingerprint density at radius 3 is 2.88 bits per heavy atom. The van der Waals surface area contributed by atoms with Crippen LogP contribution in [0.5, 0.6) is 0 Å². The maximum Gasteiger partial charge on any atom is 0.194 e. The largest absolute Gasteiger partial charge is 0.370 e. The molecule has 124 valence electrons. The lowest BCUT2D eigenvalue weighted by molar-refractivity contribution is 0.964. The summed E-state index contributed by atoms with van der Waals surface area (Å²) in [7, 11) is 0. The number of nitrogens with zero attached hydrogens (tertiary/aromatic N) is 3. The molecule has 0 radical (unpaired) electrons. The second-order valence-electron chi connectivity index (χ2n) is 5.19. The minimum atomic E-state index is 0.352. The molecule has 0 fully saturated rings. The van der Waals surface area contributed by atoms with Gasteiger partial charge in [-0.2, -0.15) is 0 Å². The number of rotatable bonds is 5. The Hall–Kier alpha value is -2.38. The quantitative estimate of drug-likeness (QED) is 0.480. The van der Waals surface area contributed by atoms with Gasteiger partial charge in [0.15, 0.2) is 11.1 Å². The van der Waals surface area contributed by atoms with Crippen molar-refractivity contribution < 1.29 is 0 Å². The number of imidazole rings is 1. The monoisotopic (exact) mass is 360 g/mol. The van der Waals surface area contributed by atoms with E-state index in [1.807, 2.05) is 36.6 Å². The van der Waals surface area contributed by atoms with Crippen LogP contribution in [0.1, 0.15) is 11.4 Å². The van der Waals surface area contributed by atoms with Crippen molar-refractivity contribution in [3.05, 3.63) is 52.3 Å². The average Bonchev–Trinajstić information content (AvgIpc) is 3.18. The van der Waals surface area contributed by atoms with Crippen LogP contribution in [0.25, 0.3) is 11.4 Å². The van der Waals surface area contributed by atoms with E-state index >= 15 is 0 Å². The second kappa shape index (κ2) is 7.46. The molecule has 0 amide bonds. The predicted molar refractivity (Wildman–Crippen MR) is 99.7 cm³/mol. The molecule has 8 heteroatoms. The van der Waals surface area contributed by atoms with Crippen LogP contribution in [0, 0.1) is 6.92 Å². The highest BCUT2D eigenvalue weighted by molar-refractivity contribution is 7.14. The lowest BCUT2D eigenvalue weighted by atomic mass is 10.1. The van der Waals surface area contributed by atoms with Crippen LogP contribution in [-0.2, 0) is 6.42 Å². The molecule has 3 rings (SSSR count). The first kappa shape index (κ1) is 16.5. The highest BCUT2D eigenvalue weighted by Gasteiger charge is 2.07. The number of aromatic nitrogens is 3. The summed E-state index contributed by atoms with van der Waals surface area (Å²) in [6.07, 6.45) is 2.56. The molecule has 0 saturated carbocycles. The molecule has 0 saturated heterocycles. The summed E-state index contributed by atoms with van der Waals surface area (Å²) < 4.78 is 0. The van der Waals surface area contributed by atoms with Crippen molar-refractivity contribution in [1.82, 2.24) is 15.0 Å². The summed E-state index contributed by atoms with van der Waals surface area (Å²) in [5.74, 6) is 1.21. The smallest absolute Gasteiger partial charge is 0.194 e. The lowest BCUT2D eigenvalue weighted by Crippen LogP contribution is -2.23. The van der Waals surface area contributed by atoms with Crippen molar-refractivity contribution in [2.75, 3.05) is 11.9 Å². The number of aliphatic imine (C=N–C) groups is 1. The maximum atomic E-state index is 5.91. The lowest BCUT2D eigenvalue weighted by Gasteiger charge is -2.02. The zero-order valence-corrected chi connectivity index (χ0v) is 14.7. The van der Waals surface area contributed by atoms with Crippen molar-refractivity contribution in [3.8, 4) is 11.4 Å². The van der Waals surface area contributed by atoms with Gasteiger partial charge in [-0.15, -0.1) is 11.3 Å². The van der Waals surface area contributed by atoms with Gasteiger partial charge in [0, 0.05) is 16.9 Å². The molecule has 3 aromatic rings. The molecular weight excluding hydrogens is 344 g/mol. The molecule has 0 bridgehead atoms. The van der Waals surface area contributed by atoms with E-state index in [0.29, 0.717) is 17.6 Å². The van der Waals surface area contributed by atoms with E-state index in [2.05, 4.69) is 25.3 Å². The highest BCUT2D eigenvalue weighted by Crippen LogP contribution is 2.23. The van der Waals surface area contributed by atoms with Crippen LogP contribution in [0.2, 0.25) is 5.02 Å². The van der Waals surface area contributed by atoms with Gasteiger partial charge in [-0.25, -0.2) is 9.97 Å². The fourth-order valence-corrected chi connectivity index (χ4v) is 2.95. The van der Waals surface area contributed by atoms with Gasteiger partial charge in [0.25, 0.3) is 0 Å². The van der Waals surface area contributed by atoms with E-state index in [1.165, 1.54) is 16.9 Å². The number of thiazole rings is 1. The van der Waals surface area contributed by atoms with Crippen molar-refractivity contribution in [2.45, 2.75) is 13.3 Å². The van der Waals surface area contributed by atoms with E-state index in [-0.39, 0.29) is 0 Å². The molecule has 0 spiro atoms. The van der Waals surface area contributed by atoms with Crippen LogP contribution in [-0.4, -0.2) is 27.5 Å². The van der Waals surface area contributed by atoms with Crippen LogP contribution in [0.15, 0.2) is 40.8 Å². The molecule has 0 atom stereocenters. The third-order valence-electron chi connectivity index (χ3n) is 3.31. The van der Waals surface area contributed by atoms with Gasteiger partial charge in [-0.1, -0.05) is 23.7 Å². The number of nitrogens with two attached hydrogens (primary N) is 1. The van der Waals surface area contributed by atoms with Crippen LogP contribution >= 0.6 is 22.9 Å². The fourth-order valence-electron chi connectivity index (χ4n) is 2.11. The topological polar surface area (TPSA) is 92.0 Å². The van der Waals surface area contributed by atoms with Gasteiger partial charge in [0.05, 0.1) is 11.9 Å². The molecular formula is C16H17ClN6S. The van der Waals surface area contributed by atoms with E-state index in [1.54, 1.807) is 6.20 Å². The number of hydrogen-bond donors (Lipinski definition) is 3. The third-order valence-corrected chi connectivity index (χ3v) is 4.32. The minimum absolute atomic E-state index is 0.352. The first-order valence-electron chi connectivity index (χ1n) is 7.39. The minimum Gasteiger partial charge on any atom is -0.370 e. The first-order valence-corrected chi connectivity index (χ1v) is 8.65. The third kappa shape index (κ3) is 4.33. The zero-order valence-electron chi connectivity index (χ0n) is 13.1. The number of aryl methyl sites for hydroxylation is 1. The summed E-state index contributed by atoms with van der Waals surface area (Å²) in [4.78, 5) is 16.1. The Balaban J connectivity index is 1.55. The Labute approximate surface area is 148 Å². The molecule has 1 aromatic carbocycles. The predicted octanol–water partition coefficient (Wildman–Crippen LogP) is 3.46. The number of hydrogen-bond acceptors (Lipinski definition) is 4. The molecule has 2 aromatic heterocycles. The summed E-state index contributed by atoms with van der Waals surface area (Å²) in [6.45, 7) is 2.50. The molecule has 2 heterocycles. The molecule has 0 aliphatic heterocycles. The van der Waals surface area contributed by atoms with E-state index in [9.17, 15) is 0 Å². The normalized spacial score (nSPS) is 11.7. The summed E-state index contributed by atoms with van der Waals surface area (Å²) in [5, 5.41) is 6.39. The maximum absolute atomic E-state index is 5.91. The molecule has 0 aliphatic carbocycles. The Kier molecular flexibility index (Phi) is 5.12. The number of H-pyrrole nitrogens is 1. The number of guanidine groups is 1. The van der Waals surface area contributed by atoms with E-state index < -0.39 is 0 Å². The average molecular weight is 361 g/mol. The fraction of sp³-hybridized carbons (Fsp3) is 0.188. The zero-order chi connectivity index (χ0) is 16.9. The standard InChI is InChI=1S/C16H17ClN6S/c1-10-20-8-13(21-10)14-9-24-16(22-14)23-15(18)19-7-6-11-2-4-12(17)5-3-11/h2-5,8-9H,6-7H2,1H3,(H,20,21)(H3,18,19,22,23). The van der Waals surface area contributed by atoms with Gasteiger partial charge in [-0.05, 0) is 31.0 Å². The van der Waals surface area contributed by atoms with E-state index in [4.69, 9.17) is 17.3 Å². The van der Waals surface area contributed by atoms with Gasteiger partial charge < -0.3 is 16.0 Å². The van der Waals surface area contributed by atoms with Crippen molar-refractivity contribution in [1.29, 1.82) is 0 Å². The summed E-state index contributed by atoms with van der Waals surface area (Å²) in [5.41, 5.74) is 8.79. The number of benzene rings is 1. The molecule has 0 unspecified atom stereocenters. The number of anilines is 1. The van der Waals surface area contributed by atoms with Gasteiger partial charge >= 0.3 is 0 Å². The number of halogens is 1. The highest BCUT2D eigenvalue weighted by atomic mass is 35.5.